The fourth-order valence-corrected chi connectivity index (χ4v) is 5.78. The van der Waals surface area contributed by atoms with Gasteiger partial charge < -0.3 is 0 Å². The molecular formula is C16H20P2. The van der Waals surface area contributed by atoms with Crippen molar-refractivity contribution in [2.75, 3.05) is 0 Å². The van der Waals surface area contributed by atoms with E-state index in [1.54, 1.807) is 10.6 Å². The van der Waals surface area contributed by atoms with Crippen molar-refractivity contribution < 1.29 is 0 Å². The Hall–Kier alpha value is -0.700. The lowest BCUT2D eigenvalue weighted by Gasteiger charge is -2.10. The molecule has 2 aromatic rings. The van der Waals surface area contributed by atoms with Gasteiger partial charge in [0, 0.05) is 0 Å². The zero-order chi connectivity index (χ0) is 12.8. The maximum atomic E-state index is 2.29. The topological polar surface area (TPSA) is 0 Å². The molecule has 2 atom stereocenters. The van der Waals surface area contributed by atoms with Crippen molar-refractivity contribution in [3.8, 4) is 0 Å². The second kappa shape index (κ2) is 7.03. The van der Waals surface area contributed by atoms with E-state index in [1.165, 1.54) is 11.1 Å². The molecule has 0 aliphatic heterocycles. The lowest BCUT2D eigenvalue weighted by atomic mass is 10.2. The molecule has 0 spiro atoms. The molecule has 0 bridgehead atoms. The molecule has 0 heterocycles. The standard InChI is InChI=1S/C16H20P2/c1-3-13-9-5-7-11-15(13)17-18-16-12-8-6-10-14(16)4-2/h5-12,17-18H,3-4H2,1-2H3. The van der Waals surface area contributed by atoms with E-state index in [2.05, 4.69) is 62.4 Å². The molecule has 2 unspecified atom stereocenters. The molecule has 0 saturated carbocycles. The fourth-order valence-electron chi connectivity index (χ4n) is 2.04. The van der Waals surface area contributed by atoms with Crippen LogP contribution >= 0.6 is 16.5 Å². The highest BCUT2D eigenvalue weighted by atomic mass is 32.0. The van der Waals surface area contributed by atoms with E-state index in [0.717, 1.165) is 29.4 Å². The van der Waals surface area contributed by atoms with E-state index in [-0.39, 0.29) is 0 Å². The Labute approximate surface area is 114 Å². The molecule has 0 radical (unpaired) electrons. The largest absolute Gasteiger partial charge is 0.0631 e. The van der Waals surface area contributed by atoms with Crippen molar-refractivity contribution in [2.24, 2.45) is 0 Å². The molecule has 0 aliphatic rings. The zero-order valence-electron chi connectivity index (χ0n) is 11.0. The summed E-state index contributed by atoms with van der Waals surface area (Å²) in [5.41, 5.74) is 3.02. The SMILES string of the molecule is CCc1ccccc1PPc1ccccc1CC. The van der Waals surface area contributed by atoms with Crippen molar-refractivity contribution in [1.82, 2.24) is 0 Å². The van der Waals surface area contributed by atoms with Gasteiger partial charge in [0.2, 0.25) is 0 Å². The number of benzene rings is 2. The minimum absolute atomic E-state index is 0.915. The average molecular weight is 274 g/mol. The molecule has 0 saturated heterocycles. The predicted octanol–water partition coefficient (Wildman–Crippen LogP) is 4.03. The van der Waals surface area contributed by atoms with Crippen LogP contribution in [0.3, 0.4) is 0 Å². The molecule has 2 aromatic carbocycles. The Balaban J connectivity index is 2.11. The van der Waals surface area contributed by atoms with Crippen LogP contribution in [0.2, 0.25) is 0 Å². The predicted molar refractivity (Wildman–Crippen MR) is 87.5 cm³/mol. The van der Waals surface area contributed by atoms with Crippen LogP contribution in [0.4, 0.5) is 0 Å². The first-order valence-corrected chi connectivity index (χ1v) is 9.53. The van der Waals surface area contributed by atoms with E-state index in [0.29, 0.717) is 0 Å². The summed E-state index contributed by atoms with van der Waals surface area (Å²) in [7, 11) is 1.83. The van der Waals surface area contributed by atoms with Crippen LogP contribution in [-0.4, -0.2) is 0 Å². The van der Waals surface area contributed by atoms with Gasteiger partial charge in [0.1, 0.15) is 0 Å². The quantitative estimate of drug-likeness (QED) is 0.722. The van der Waals surface area contributed by atoms with Crippen molar-refractivity contribution in [2.45, 2.75) is 26.7 Å². The van der Waals surface area contributed by atoms with Gasteiger partial charge >= 0.3 is 0 Å². The summed E-state index contributed by atoms with van der Waals surface area (Å²) in [6.07, 6.45) is 2.28. The molecular weight excluding hydrogens is 254 g/mol. The lowest BCUT2D eigenvalue weighted by Crippen LogP contribution is -2.04. The third kappa shape index (κ3) is 3.41. The van der Waals surface area contributed by atoms with Gasteiger partial charge in [0.15, 0.2) is 0 Å². The fraction of sp³-hybridized carbons (Fsp3) is 0.250. The third-order valence-corrected chi connectivity index (χ3v) is 6.76. The Kier molecular flexibility index (Phi) is 5.36. The summed E-state index contributed by atoms with van der Waals surface area (Å²) >= 11 is 0. The first kappa shape index (κ1) is 13.7. The van der Waals surface area contributed by atoms with Gasteiger partial charge in [-0.1, -0.05) is 78.9 Å². The van der Waals surface area contributed by atoms with E-state index in [9.17, 15) is 0 Å². The molecule has 0 amide bonds. The van der Waals surface area contributed by atoms with Crippen LogP contribution in [0.1, 0.15) is 25.0 Å². The van der Waals surface area contributed by atoms with Gasteiger partial charge in [-0.3, -0.25) is 0 Å². The first-order chi connectivity index (χ1) is 8.85. The maximum Gasteiger partial charge on any atom is -0.0195 e. The van der Waals surface area contributed by atoms with Crippen molar-refractivity contribution in [3.63, 3.8) is 0 Å². The molecule has 0 fully saturated rings. The van der Waals surface area contributed by atoms with Gasteiger partial charge in [0.25, 0.3) is 0 Å². The van der Waals surface area contributed by atoms with Gasteiger partial charge in [0.05, 0.1) is 0 Å². The smallest absolute Gasteiger partial charge is 0.0195 e. The van der Waals surface area contributed by atoms with Crippen LogP contribution in [0.15, 0.2) is 48.5 Å². The summed E-state index contributed by atoms with van der Waals surface area (Å²) < 4.78 is 0. The van der Waals surface area contributed by atoms with Crippen molar-refractivity contribution >= 4 is 27.1 Å². The van der Waals surface area contributed by atoms with E-state index < -0.39 is 0 Å². The molecule has 2 rings (SSSR count). The summed E-state index contributed by atoms with van der Waals surface area (Å²) in [5, 5.41) is 3.09. The average Bonchev–Trinajstić information content (AvgIpc) is 2.45. The van der Waals surface area contributed by atoms with Crippen LogP contribution < -0.4 is 10.6 Å². The Morgan fingerprint density at radius 2 is 1.06 bits per heavy atom. The van der Waals surface area contributed by atoms with Gasteiger partial charge in [-0.25, -0.2) is 0 Å². The van der Waals surface area contributed by atoms with Crippen LogP contribution in [0, 0.1) is 0 Å². The summed E-state index contributed by atoms with van der Waals surface area (Å²) in [5.74, 6) is 0. The highest BCUT2D eigenvalue weighted by Crippen LogP contribution is 2.36. The molecule has 0 N–H and O–H groups in total. The molecule has 18 heavy (non-hydrogen) atoms. The second-order valence-electron chi connectivity index (χ2n) is 4.27. The normalized spacial score (nSPS) is 11.9. The number of hydrogen-bond acceptors (Lipinski definition) is 0. The van der Waals surface area contributed by atoms with Crippen LogP contribution in [-0.2, 0) is 12.8 Å². The minimum Gasteiger partial charge on any atom is -0.0631 e. The van der Waals surface area contributed by atoms with Crippen molar-refractivity contribution in [1.29, 1.82) is 0 Å². The van der Waals surface area contributed by atoms with Crippen LogP contribution in [0.25, 0.3) is 0 Å². The molecule has 2 heteroatoms. The highest BCUT2D eigenvalue weighted by Gasteiger charge is 2.03. The number of aryl methyl sites for hydroxylation is 2. The monoisotopic (exact) mass is 274 g/mol. The maximum absolute atomic E-state index is 2.29. The van der Waals surface area contributed by atoms with E-state index >= 15 is 0 Å². The number of rotatable bonds is 5. The lowest BCUT2D eigenvalue weighted by molar-refractivity contribution is 1.15. The van der Waals surface area contributed by atoms with E-state index in [1.807, 2.05) is 0 Å². The summed E-state index contributed by atoms with van der Waals surface area (Å²) in [4.78, 5) is 0. The van der Waals surface area contributed by atoms with Gasteiger partial charge in [-0.2, -0.15) is 0 Å². The Morgan fingerprint density at radius 3 is 1.44 bits per heavy atom. The molecule has 94 valence electrons. The molecule has 0 nitrogen and oxygen atoms in total. The molecule has 0 aliphatic carbocycles. The second-order valence-corrected chi connectivity index (χ2v) is 7.35. The van der Waals surface area contributed by atoms with Gasteiger partial charge in [-0.15, -0.1) is 0 Å². The minimum atomic E-state index is 0.915. The van der Waals surface area contributed by atoms with Crippen molar-refractivity contribution in [3.05, 3.63) is 59.7 Å². The number of hydrogen-bond donors (Lipinski definition) is 0. The molecule has 0 aromatic heterocycles. The first-order valence-electron chi connectivity index (χ1n) is 6.53. The highest BCUT2D eigenvalue weighted by molar-refractivity contribution is 8.18. The van der Waals surface area contributed by atoms with Gasteiger partial charge in [-0.05, 0) is 34.6 Å². The summed E-state index contributed by atoms with van der Waals surface area (Å²) in [6.45, 7) is 4.48. The zero-order valence-corrected chi connectivity index (χ0v) is 13.0. The Morgan fingerprint density at radius 1 is 0.667 bits per heavy atom. The Bertz CT molecular complexity index is 458. The summed E-state index contributed by atoms with van der Waals surface area (Å²) in [6, 6.07) is 17.7. The third-order valence-electron chi connectivity index (χ3n) is 3.13. The van der Waals surface area contributed by atoms with Crippen LogP contribution in [0.5, 0.6) is 0 Å². The van der Waals surface area contributed by atoms with E-state index in [4.69, 9.17) is 0 Å².